The predicted octanol–water partition coefficient (Wildman–Crippen LogP) is 2.24. The van der Waals surface area contributed by atoms with Gasteiger partial charge >= 0.3 is 0 Å². The molecule has 1 aliphatic rings. The summed E-state index contributed by atoms with van der Waals surface area (Å²) in [6.45, 7) is 6.84. The zero-order valence-corrected chi connectivity index (χ0v) is 8.33. The van der Waals surface area contributed by atoms with Gasteiger partial charge in [-0.05, 0) is 30.9 Å². The SMILES string of the molecule is Cc1ccncc1N1CC[C@@H](C)C1. The third kappa shape index (κ3) is 1.67. The molecule has 70 valence electrons. The highest BCUT2D eigenvalue weighted by atomic mass is 15.2. The molecule has 1 aromatic rings. The van der Waals surface area contributed by atoms with Crippen LogP contribution in [0, 0.1) is 12.8 Å². The molecular formula is C11H16N2. The summed E-state index contributed by atoms with van der Waals surface area (Å²) in [6, 6.07) is 2.08. The molecule has 2 heteroatoms. The van der Waals surface area contributed by atoms with Crippen molar-refractivity contribution < 1.29 is 0 Å². The Balaban J connectivity index is 2.21. The number of hydrogen-bond acceptors (Lipinski definition) is 2. The molecule has 0 saturated carbocycles. The van der Waals surface area contributed by atoms with Crippen LogP contribution in [0.4, 0.5) is 5.69 Å². The van der Waals surface area contributed by atoms with Crippen LogP contribution in [-0.2, 0) is 0 Å². The zero-order valence-electron chi connectivity index (χ0n) is 8.33. The van der Waals surface area contributed by atoms with Crippen LogP contribution in [0.1, 0.15) is 18.9 Å². The van der Waals surface area contributed by atoms with Gasteiger partial charge in [0, 0.05) is 19.3 Å². The fourth-order valence-corrected chi connectivity index (χ4v) is 1.94. The average molecular weight is 176 g/mol. The highest BCUT2D eigenvalue weighted by Gasteiger charge is 2.19. The Morgan fingerprint density at radius 3 is 3.00 bits per heavy atom. The molecule has 1 saturated heterocycles. The molecule has 2 nitrogen and oxygen atoms in total. The molecule has 2 heterocycles. The first kappa shape index (κ1) is 8.54. The number of aromatic nitrogens is 1. The summed E-state index contributed by atoms with van der Waals surface area (Å²) in [5, 5.41) is 0. The largest absolute Gasteiger partial charge is 0.370 e. The van der Waals surface area contributed by atoms with Crippen LogP contribution >= 0.6 is 0 Å². The Bertz CT molecular complexity index is 296. The second-order valence-corrected chi connectivity index (χ2v) is 4.00. The van der Waals surface area contributed by atoms with E-state index in [1.54, 1.807) is 0 Å². The van der Waals surface area contributed by atoms with Crippen molar-refractivity contribution in [1.29, 1.82) is 0 Å². The van der Waals surface area contributed by atoms with E-state index < -0.39 is 0 Å². The van der Waals surface area contributed by atoms with Gasteiger partial charge in [0.2, 0.25) is 0 Å². The normalized spacial score (nSPS) is 22.3. The van der Waals surface area contributed by atoms with Gasteiger partial charge in [-0.1, -0.05) is 6.92 Å². The molecule has 0 radical (unpaired) electrons. The summed E-state index contributed by atoms with van der Waals surface area (Å²) in [5.41, 5.74) is 2.65. The van der Waals surface area contributed by atoms with Crippen LogP contribution in [0.3, 0.4) is 0 Å². The maximum Gasteiger partial charge on any atom is 0.0582 e. The van der Waals surface area contributed by atoms with E-state index in [1.165, 1.54) is 30.8 Å². The Morgan fingerprint density at radius 1 is 1.54 bits per heavy atom. The first-order valence-electron chi connectivity index (χ1n) is 4.93. The highest BCUT2D eigenvalue weighted by molar-refractivity contribution is 5.51. The van der Waals surface area contributed by atoms with Crippen LogP contribution in [-0.4, -0.2) is 18.1 Å². The summed E-state index contributed by atoms with van der Waals surface area (Å²) in [6.07, 6.45) is 5.15. The molecule has 1 fully saturated rings. The van der Waals surface area contributed by atoms with Gasteiger partial charge in [-0.2, -0.15) is 0 Å². The monoisotopic (exact) mass is 176 g/mol. The van der Waals surface area contributed by atoms with Gasteiger partial charge in [0.1, 0.15) is 0 Å². The first-order chi connectivity index (χ1) is 6.27. The van der Waals surface area contributed by atoms with Gasteiger partial charge in [0.05, 0.1) is 11.9 Å². The topological polar surface area (TPSA) is 16.1 Å². The predicted molar refractivity (Wildman–Crippen MR) is 55.0 cm³/mol. The van der Waals surface area contributed by atoms with Gasteiger partial charge in [-0.3, -0.25) is 4.98 Å². The number of pyridine rings is 1. The van der Waals surface area contributed by atoms with Crippen molar-refractivity contribution in [2.45, 2.75) is 20.3 Å². The number of hydrogen-bond donors (Lipinski definition) is 0. The van der Waals surface area contributed by atoms with Crippen LogP contribution < -0.4 is 4.90 Å². The molecule has 1 aromatic heterocycles. The van der Waals surface area contributed by atoms with E-state index in [2.05, 4.69) is 29.8 Å². The molecule has 1 atom stereocenters. The van der Waals surface area contributed by atoms with Crippen LogP contribution in [0.2, 0.25) is 0 Å². The lowest BCUT2D eigenvalue weighted by Crippen LogP contribution is -2.20. The quantitative estimate of drug-likeness (QED) is 0.652. The Morgan fingerprint density at radius 2 is 2.38 bits per heavy atom. The first-order valence-corrected chi connectivity index (χ1v) is 4.93. The summed E-state index contributed by atoms with van der Waals surface area (Å²) in [7, 11) is 0. The maximum atomic E-state index is 4.17. The van der Waals surface area contributed by atoms with Crippen LogP contribution in [0.5, 0.6) is 0 Å². The zero-order chi connectivity index (χ0) is 9.26. The molecule has 0 unspecified atom stereocenters. The molecular weight excluding hydrogens is 160 g/mol. The van der Waals surface area contributed by atoms with Crippen molar-refractivity contribution in [2.24, 2.45) is 5.92 Å². The summed E-state index contributed by atoms with van der Waals surface area (Å²) >= 11 is 0. The van der Waals surface area contributed by atoms with Crippen molar-refractivity contribution in [3.05, 3.63) is 24.0 Å². The minimum absolute atomic E-state index is 0.833. The fraction of sp³-hybridized carbons (Fsp3) is 0.545. The van der Waals surface area contributed by atoms with Gasteiger partial charge in [0.15, 0.2) is 0 Å². The fourth-order valence-electron chi connectivity index (χ4n) is 1.94. The molecule has 0 amide bonds. The minimum Gasteiger partial charge on any atom is -0.370 e. The third-order valence-corrected chi connectivity index (χ3v) is 2.78. The number of rotatable bonds is 1. The van der Waals surface area contributed by atoms with Crippen molar-refractivity contribution in [3.8, 4) is 0 Å². The Kier molecular flexibility index (Phi) is 2.21. The highest BCUT2D eigenvalue weighted by Crippen LogP contribution is 2.25. The molecule has 13 heavy (non-hydrogen) atoms. The van der Waals surface area contributed by atoms with E-state index >= 15 is 0 Å². The van der Waals surface area contributed by atoms with Crippen LogP contribution in [0.25, 0.3) is 0 Å². The lowest BCUT2D eigenvalue weighted by atomic mass is 10.2. The summed E-state index contributed by atoms with van der Waals surface area (Å²) < 4.78 is 0. The molecule has 0 bridgehead atoms. The standard InChI is InChI=1S/C11H16N2/c1-9-4-6-13(8-9)11-7-12-5-3-10(11)2/h3,5,7,9H,4,6,8H2,1-2H3/t9-/m1/s1. The number of nitrogens with zero attached hydrogens (tertiary/aromatic N) is 2. The molecule has 0 aliphatic carbocycles. The molecule has 0 N–H and O–H groups in total. The lowest BCUT2D eigenvalue weighted by molar-refractivity contribution is 0.659. The van der Waals surface area contributed by atoms with Crippen molar-refractivity contribution in [3.63, 3.8) is 0 Å². The smallest absolute Gasteiger partial charge is 0.0582 e. The van der Waals surface area contributed by atoms with E-state index in [1.807, 2.05) is 12.4 Å². The van der Waals surface area contributed by atoms with Gasteiger partial charge in [-0.25, -0.2) is 0 Å². The minimum atomic E-state index is 0.833. The Hall–Kier alpha value is -1.05. The van der Waals surface area contributed by atoms with Gasteiger partial charge in [-0.15, -0.1) is 0 Å². The molecule has 2 rings (SSSR count). The summed E-state index contributed by atoms with van der Waals surface area (Å²) in [4.78, 5) is 6.61. The molecule has 0 spiro atoms. The van der Waals surface area contributed by atoms with Gasteiger partial charge < -0.3 is 4.90 Å². The van der Waals surface area contributed by atoms with Crippen molar-refractivity contribution in [1.82, 2.24) is 4.98 Å². The van der Waals surface area contributed by atoms with E-state index in [0.29, 0.717) is 0 Å². The molecule has 1 aliphatic heterocycles. The lowest BCUT2D eigenvalue weighted by Gasteiger charge is -2.19. The van der Waals surface area contributed by atoms with E-state index in [-0.39, 0.29) is 0 Å². The third-order valence-electron chi connectivity index (χ3n) is 2.78. The second-order valence-electron chi connectivity index (χ2n) is 4.00. The van der Waals surface area contributed by atoms with Crippen molar-refractivity contribution >= 4 is 5.69 Å². The maximum absolute atomic E-state index is 4.17. The van der Waals surface area contributed by atoms with E-state index in [9.17, 15) is 0 Å². The van der Waals surface area contributed by atoms with Crippen molar-refractivity contribution in [2.75, 3.05) is 18.0 Å². The van der Waals surface area contributed by atoms with E-state index in [0.717, 1.165) is 5.92 Å². The number of anilines is 1. The summed E-state index contributed by atoms with van der Waals surface area (Å²) in [5.74, 6) is 0.833. The van der Waals surface area contributed by atoms with Crippen LogP contribution in [0.15, 0.2) is 18.5 Å². The van der Waals surface area contributed by atoms with E-state index in [4.69, 9.17) is 0 Å². The average Bonchev–Trinajstić information content (AvgIpc) is 2.53. The second kappa shape index (κ2) is 3.36. The Labute approximate surface area is 79.6 Å². The van der Waals surface area contributed by atoms with Gasteiger partial charge in [0.25, 0.3) is 0 Å². The molecule has 0 aromatic carbocycles. The number of aryl methyl sites for hydroxylation is 1.